The molecule has 0 bridgehead atoms. The van der Waals surface area contributed by atoms with Crippen molar-refractivity contribution in [1.82, 2.24) is 10.2 Å². The van der Waals surface area contributed by atoms with Gasteiger partial charge in [0.1, 0.15) is 0 Å². The first-order chi connectivity index (χ1) is 6.88. The third-order valence-corrected chi connectivity index (χ3v) is 2.97. The zero-order valence-corrected chi connectivity index (χ0v) is 10.6. The van der Waals surface area contributed by atoms with E-state index in [1.165, 1.54) is 12.8 Å². The number of nitrogens with zero attached hydrogens (tertiary/aromatic N) is 1. The van der Waals surface area contributed by atoms with Gasteiger partial charge in [-0.2, -0.15) is 0 Å². The van der Waals surface area contributed by atoms with Gasteiger partial charge in [0, 0.05) is 12.6 Å². The Labute approximate surface area is 93.2 Å². The molecule has 0 radical (unpaired) electrons. The highest BCUT2D eigenvalue weighted by atomic mass is 16.2. The molecular formula is C12H24N2O. The van der Waals surface area contributed by atoms with Crippen LogP contribution in [0.5, 0.6) is 0 Å². The Morgan fingerprint density at radius 1 is 1.47 bits per heavy atom. The van der Waals surface area contributed by atoms with Crippen LogP contribution in [0.3, 0.4) is 0 Å². The van der Waals surface area contributed by atoms with Crippen molar-refractivity contribution < 1.29 is 4.79 Å². The third kappa shape index (κ3) is 3.20. The van der Waals surface area contributed by atoms with Crippen LogP contribution in [0.2, 0.25) is 0 Å². The van der Waals surface area contributed by atoms with Gasteiger partial charge in [0.15, 0.2) is 0 Å². The summed E-state index contributed by atoms with van der Waals surface area (Å²) in [6.45, 7) is 9.11. The van der Waals surface area contributed by atoms with Crippen molar-refractivity contribution in [3.8, 4) is 0 Å². The minimum absolute atomic E-state index is 0.237. The van der Waals surface area contributed by atoms with Crippen LogP contribution in [0.25, 0.3) is 0 Å². The van der Waals surface area contributed by atoms with Crippen LogP contribution < -0.4 is 5.32 Å². The SMILES string of the molecule is CNC(C)(C)C(=O)N(CC(C)C)C1CC1. The zero-order valence-electron chi connectivity index (χ0n) is 10.6. The average molecular weight is 212 g/mol. The molecule has 1 fully saturated rings. The fourth-order valence-electron chi connectivity index (χ4n) is 1.64. The molecule has 3 heteroatoms. The summed E-state index contributed by atoms with van der Waals surface area (Å²) in [7, 11) is 1.85. The Morgan fingerprint density at radius 3 is 2.33 bits per heavy atom. The van der Waals surface area contributed by atoms with Crippen LogP contribution >= 0.6 is 0 Å². The van der Waals surface area contributed by atoms with E-state index < -0.39 is 5.54 Å². The van der Waals surface area contributed by atoms with Crippen LogP contribution in [-0.2, 0) is 4.79 Å². The van der Waals surface area contributed by atoms with Crippen molar-refractivity contribution in [3.05, 3.63) is 0 Å². The molecule has 1 amide bonds. The molecule has 0 aromatic heterocycles. The summed E-state index contributed by atoms with van der Waals surface area (Å²) in [4.78, 5) is 14.3. The Hall–Kier alpha value is -0.570. The van der Waals surface area contributed by atoms with E-state index in [9.17, 15) is 4.79 Å². The smallest absolute Gasteiger partial charge is 0.242 e. The first-order valence-electron chi connectivity index (χ1n) is 5.88. The second-order valence-corrected chi connectivity index (χ2v) is 5.46. The summed E-state index contributed by atoms with van der Waals surface area (Å²) in [5, 5.41) is 3.09. The molecular weight excluding hydrogens is 188 g/mol. The van der Waals surface area contributed by atoms with Crippen molar-refractivity contribution in [2.45, 2.75) is 52.1 Å². The van der Waals surface area contributed by atoms with Gasteiger partial charge in [0.05, 0.1) is 5.54 Å². The van der Waals surface area contributed by atoms with E-state index in [4.69, 9.17) is 0 Å². The molecule has 1 N–H and O–H groups in total. The molecule has 3 nitrogen and oxygen atoms in total. The highest BCUT2D eigenvalue weighted by Crippen LogP contribution is 2.29. The second kappa shape index (κ2) is 4.52. The molecule has 1 saturated carbocycles. The average Bonchev–Trinajstić information content (AvgIpc) is 2.96. The summed E-state index contributed by atoms with van der Waals surface area (Å²) >= 11 is 0. The standard InChI is InChI=1S/C12H24N2O/c1-9(2)8-14(10-6-7-10)11(15)12(3,4)13-5/h9-10,13H,6-8H2,1-5H3. The number of likely N-dealkylation sites (N-methyl/N-ethyl adjacent to an activating group) is 1. The summed E-state index contributed by atoms with van der Waals surface area (Å²) in [5.41, 5.74) is -0.433. The molecule has 1 aliphatic carbocycles. The number of hydrogen-bond acceptors (Lipinski definition) is 2. The van der Waals surface area contributed by atoms with E-state index in [0.717, 1.165) is 6.54 Å². The Bertz CT molecular complexity index is 232. The van der Waals surface area contributed by atoms with E-state index in [2.05, 4.69) is 24.1 Å². The minimum atomic E-state index is -0.433. The van der Waals surface area contributed by atoms with E-state index in [0.29, 0.717) is 12.0 Å². The summed E-state index contributed by atoms with van der Waals surface area (Å²) in [6, 6.07) is 0.507. The molecule has 15 heavy (non-hydrogen) atoms. The van der Waals surface area contributed by atoms with Crippen LogP contribution in [0, 0.1) is 5.92 Å². The fourth-order valence-corrected chi connectivity index (χ4v) is 1.64. The van der Waals surface area contributed by atoms with Crippen LogP contribution in [0.4, 0.5) is 0 Å². The van der Waals surface area contributed by atoms with Gasteiger partial charge in [-0.1, -0.05) is 13.8 Å². The quantitative estimate of drug-likeness (QED) is 0.751. The van der Waals surface area contributed by atoms with E-state index in [1.54, 1.807) is 0 Å². The summed E-state index contributed by atoms with van der Waals surface area (Å²) in [6.07, 6.45) is 2.36. The molecule has 0 atom stereocenters. The Balaban J connectivity index is 2.67. The van der Waals surface area contributed by atoms with Gasteiger partial charge in [0.25, 0.3) is 0 Å². The lowest BCUT2D eigenvalue weighted by Gasteiger charge is -2.33. The van der Waals surface area contributed by atoms with Gasteiger partial charge < -0.3 is 10.2 Å². The molecule has 0 unspecified atom stereocenters. The topological polar surface area (TPSA) is 32.3 Å². The number of rotatable bonds is 5. The Morgan fingerprint density at radius 2 is 2.00 bits per heavy atom. The van der Waals surface area contributed by atoms with Gasteiger partial charge in [-0.25, -0.2) is 0 Å². The molecule has 0 spiro atoms. The number of carbonyl (C=O) groups is 1. The first kappa shape index (κ1) is 12.5. The molecule has 1 rings (SSSR count). The van der Waals surface area contributed by atoms with Gasteiger partial charge in [-0.3, -0.25) is 4.79 Å². The van der Waals surface area contributed by atoms with Crippen LogP contribution in [0.15, 0.2) is 0 Å². The van der Waals surface area contributed by atoms with Crippen LogP contribution in [-0.4, -0.2) is 36.0 Å². The maximum Gasteiger partial charge on any atom is 0.242 e. The van der Waals surface area contributed by atoms with E-state index >= 15 is 0 Å². The third-order valence-electron chi connectivity index (χ3n) is 2.97. The van der Waals surface area contributed by atoms with Crippen molar-refractivity contribution in [2.24, 2.45) is 5.92 Å². The molecule has 0 aliphatic heterocycles. The van der Waals surface area contributed by atoms with E-state index in [1.807, 2.05) is 20.9 Å². The maximum atomic E-state index is 12.3. The number of amides is 1. The predicted molar refractivity (Wildman–Crippen MR) is 62.7 cm³/mol. The lowest BCUT2D eigenvalue weighted by Crippen LogP contribution is -2.54. The fraction of sp³-hybridized carbons (Fsp3) is 0.917. The first-order valence-corrected chi connectivity index (χ1v) is 5.88. The molecule has 1 aliphatic rings. The summed E-state index contributed by atoms with van der Waals surface area (Å²) in [5.74, 6) is 0.781. The predicted octanol–water partition coefficient (Wildman–Crippen LogP) is 1.63. The molecule has 0 saturated heterocycles. The van der Waals surface area contributed by atoms with Gasteiger partial charge in [-0.15, -0.1) is 0 Å². The van der Waals surface area contributed by atoms with Gasteiger partial charge >= 0.3 is 0 Å². The monoisotopic (exact) mass is 212 g/mol. The van der Waals surface area contributed by atoms with Crippen molar-refractivity contribution >= 4 is 5.91 Å². The maximum absolute atomic E-state index is 12.3. The number of hydrogen-bond donors (Lipinski definition) is 1. The lowest BCUT2D eigenvalue weighted by atomic mass is 10.0. The normalized spacial score (nSPS) is 16.9. The molecule has 0 heterocycles. The van der Waals surface area contributed by atoms with Crippen molar-refractivity contribution in [3.63, 3.8) is 0 Å². The number of carbonyl (C=O) groups excluding carboxylic acids is 1. The van der Waals surface area contributed by atoms with E-state index in [-0.39, 0.29) is 5.91 Å². The highest BCUT2D eigenvalue weighted by Gasteiger charge is 2.38. The largest absolute Gasteiger partial charge is 0.338 e. The minimum Gasteiger partial charge on any atom is -0.338 e. The van der Waals surface area contributed by atoms with Gasteiger partial charge in [0.2, 0.25) is 5.91 Å². The molecule has 88 valence electrons. The Kier molecular flexibility index (Phi) is 3.77. The van der Waals surface area contributed by atoms with Crippen LogP contribution in [0.1, 0.15) is 40.5 Å². The molecule has 0 aromatic rings. The molecule has 0 aromatic carbocycles. The number of nitrogens with one attached hydrogen (secondary N) is 1. The highest BCUT2D eigenvalue weighted by molar-refractivity contribution is 5.86. The van der Waals surface area contributed by atoms with Crippen molar-refractivity contribution in [1.29, 1.82) is 0 Å². The zero-order chi connectivity index (χ0) is 11.6. The lowest BCUT2D eigenvalue weighted by molar-refractivity contribution is -0.138. The van der Waals surface area contributed by atoms with Gasteiger partial charge in [-0.05, 0) is 39.7 Å². The van der Waals surface area contributed by atoms with Crippen molar-refractivity contribution in [2.75, 3.05) is 13.6 Å². The second-order valence-electron chi connectivity index (χ2n) is 5.46. The summed E-state index contributed by atoms with van der Waals surface area (Å²) < 4.78 is 0.